The average Bonchev–Trinajstić information content (AvgIpc) is 2.75. The van der Waals surface area contributed by atoms with E-state index in [1.54, 1.807) is 16.7 Å². The molecule has 2 aromatic rings. The van der Waals surface area contributed by atoms with Crippen LogP contribution in [0.2, 0.25) is 0 Å². The first-order chi connectivity index (χ1) is 14.4. The van der Waals surface area contributed by atoms with Crippen molar-refractivity contribution in [3.05, 3.63) is 65.7 Å². The summed E-state index contributed by atoms with van der Waals surface area (Å²) in [6.45, 7) is 8.49. The topological polar surface area (TPSA) is 49.4 Å². The third-order valence-electron chi connectivity index (χ3n) is 5.19. The molecule has 0 radical (unpaired) electrons. The number of hydrogen-bond donors (Lipinski definition) is 1. The van der Waals surface area contributed by atoms with E-state index in [1.807, 2.05) is 82.3 Å². The lowest BCUT2D eigenvalue weighted by Gasteiger charge is -2.31. The molecule has 0 saturated heterocycles. The van der Waals surface area contributed by atoms with Crippen molar-refractivity contribution < 1.29 is 9.59 Å². The van der Waals surface area contributed by atoms with Gasteiger partial charge in [-0.2, -0.15) is 0 Å². The standard InChI is InChI=1S/C25H34N2O2S/c1-5-20(4)26-25(29)23(6-2)27(18-21-14-12-19(3)13-15-21)24(28)16-17-30-22-10-8-7-9-11-22/h7-15,20,23H,5-6,16-18H2,1-4H3,(H,26,29)/t20-,23-/m1/s1. The molecule has 2 amide bonds. The molecule has 0 spiro atoms. The molecule has 0 saturated carbocycles. The van der Waals surface area contributed by atoms with Gasteiger partial charge in [-0.05, 0) is 44.4 Å². The first-order valence-electron chi connectivity index (χ1n) is 10.8. The van der Waals surface area contributed by atoms with E-state index in [0.29, 0.717) is 25.1 Å². The summed E-state index contributed by atoms with van der Waals surface area (Å²) in [6, 6.07) is 17.9. The first-order valence-corrected chi connectivity index (χ1v) is 11.8. The lowest BCUT2D eigenvalue weighted by Crippen LogP contribution is -2.50. The van der Waals surface area contributed by atoms with Crippen LogP contribution in [0.25, 0.3) is 0 Å². The van der Waals surface area contributed by atoms with Crippen molar-refractivity contribution in [3.63, 3.8) is 0 Å². The average molecular weight is 427 g/mol. The molecule has 0 unspecified atom stereocenters. The molecule has 2 aromatic carbocycles. The Morgan fingerprint density at radius 3 is 2.27 bits per heavy atom. The Morgan fingerprint density at radius 1 is 1.00 bits per heavy atom. The van der Waals surface area contributed by atoms with Crippen LogP contribution in [0, 0.1) is 6.92 Å². The monoisotopic (exact) mass is 426 g/mol. The highest BCUT2D eigenvalue weighted by molar-refractivity contribution is 7.99. The molecule has 30 heavy (non-hydrogen) atoms. The summed E-state index contributed by atoms with van der Waals surface area (Å²) in [6.07, 6.45) is 1.85. The largest absolute Gasteiger partial charge is 0.352 e. The van der Waals surface area contributed by atoms with E-state index in [2.05, 4.69) is 5.32 Å². The van der Waals surface area contributed by atoms with Gasteiger partial charge in [-0.25, -0.2) is 0 Å². The molecular formula is C25H34N2O2S. The number of benzene rings is 2. The smallest absolute Gasteiger partial charge is 0.243 e. The molecule has 0 bridgehead atoms. The highest BCUT2D eigenvalue weighted by atomic mass is 32.2. The van der Waals surface area contributed by atoms with Gasteiger partial charge in [0.25, 0.3) is 0 Å². The van der Waals surface area contributed by atoms with Crippen LogP contribution < -0.4 is 5.32 Å². The van der Waals surface area contributed by atoms with Crippen LogP contribution in [0.3, 0.4) is 0 Å². The van der Waals surface area contributed by atoms with Crippen molar-refractivity contribution in [1.29, 1.82) is 0 Å². The Morgan fingerprint density at radius 2 is 1.67 bits per heavy atom. The SMILES string of the molecule is CC[C@@H](C)NC(=O)[C@@H](CC)N(Cc1ccc(C)cc1)C(=O)CCSc1ccccc1. The zero-order valence-electron chi connectivity index (χ0n) is 18.6. The first kappa shape index (κ1) is 24.0. The van der Waals surface area contributed by atoms with Crippen molar-refractivity contribution in [3.8, 4) is 0 Å². The predicted octanol–water partition coefficient (Wildman–Crippen LogP) is 5.20. The molecule has 5 heteroatoms. The molecule has 0 aliphatic heterocycles. The van der Waals surface area contributed by atoms with Gasteiger partial charge in [0.05, 0.1) is 0 Å². The lowest BCUT2D eigenvalue weighted by molar-refractivity contribution is -0.141. The summed E-state index contributed by atoms with van der Waals surface area (Å²) >= 11 is 1.67. The zero-order chi connectivity index (χ0) is 21.9. The normalized spacial score (nSPS) is 12.8. The van der Waals surface area contributed by atoms with Crippen LogP contribution in [-0.4, -0.2) is 34.6 Å². The number of nitrogens with one attached hydrogen (secondary N) is 1. The van der Waals surface area contributed by atoms with Crippen LogP contribution in [-0.2, 0) is 16.1 Å². The van der Waals surface area contributed by atoms with Gasteiger partial charge in [-0.15, -0.1) is 11.8 Å². The maximum Gasteiger partial charge on any atom is 0.243 e. The second-order valence-corrected chi connectivity index (χ2v) is 8.83. The Bertz CT molecular complexity index is 793. The van der Waals surface area contributed by atoms with Gasteiger partial charge < -0.3 is 10.2 Å². The fraction of sp³-hybridized carbons (Fsp3) is 0.440. The highest BCUT2D eigenvalue weighted by Gasteiger charge is 2.28. The van der Waals surface area contributed by atoms with E-state index in [0.717, 1.165) is 16.9 Å². The molecule has 2 rings (SSSR count). The fourth-order valence-electron chi connectivity index (χ4n) is 3.17. The minimum absolute atomic E-state index is 0.0187. The Kier molecular flexibility index (Phi) is 9.95. The molecule has 1 N–H and O–H groups in total. The van der Waals surface area contributed by atoms with Gasteiger partial charge >= 0.3 is 0 Å². The van der Waals surface area contributed by atoms with E-state index >= 15 is 0 Å². The second kappa shape index (κ2) is 12.4. The minimum Gasteiger partial charge on any atom is -0.352 e. The number of aryl methyl sites for hydroxylation is 1. The van der Waals surface area contributed by atoms with Crippen LogP contribution >= 0.6 is 11.8 Å². The van der Waals surface area contributed by atoms with E-state index in [9.17, 15) is 9.59 Å². The van der Waals surface area contributed by atoms with Crippen LogP contribution in [0.5, 0.6) is 0 Å². The van der Waals surface area contributed by atoms with E-state index < -0.39 is 6.04 Å². The molecular weight excluding hydrogens is 392 g/mol. The maximum absolute atomic E-state index is 13.2. The number of nitrogens with zero attached hydrogens (tertiary/aromatic N) is 1. The number of thioether (sulfide) groups is 1. The minimum atomic E-state index is -0.463. The Labute approximate surface area is 185 Å². The molecule has 2 atom stereocenters. The third kappa shape index (κ3) is 7.52. The number of carbonyl (C=O) groups is 2. The van der Waals surface area contributed by atoms with Gasteiger partial charge in [0, 0.05) is 29.7 Å². The van der Waals surface area contributed by atoms with Crippen molar-refractivity contribution in [2.45, 2.75) is 70.5 Å². The van der Waals surface area contributed by atoms with Gasteiger partial charge in [0.1, 0.15) is 6.04 Å². The van der Waals surface area contributed by atoms with E-state index in [1.165, 1.54) is 5.56 Å². The molecule has 0 heterocycles. The van der Waals surface area contributed by atoms with Gasteiger partial charge in [-0.1, -0.05) is 61.9 Å². The molecule has 162 valence electrons. The number of carbonyl (C=O) groups excluding carboxylic acids is 2. The van der Waals surface area contributed by atoms with Gasteiger partial charge in [0.15, 0.2) is 0 Å². The highest BCUT2D eigenvalue weighted by Crippen LogP contribution is 2.20. The summed E-state index contributed by atoms with van der Waals surface area (Å²) in [7, 11) is 0. The molecule has 0 aliphatic rings. The lowest BCUT2D eigenvalue weighted by atomic mass is 10.1. The van der Waals surface area contributed by atoms with E-state index in [4.69, 9.17) is 0 Å². The summed E-state index contributed by atoms with van der Waals surface area (Å²) in [4.78, 5) is 29.0. The summed E-state index contributed by atoms with van der Waals surface area (Å²) in [5.74, 6) is 0.643. The maximum atomic E-state index is 13.2. The predicted molar refractivity (Wildman–Crippen MR) is 125 cm³/mol. The Balaban J connectivity index is 2.12. The summed E-state index contributed by atoms with van der Waals surface area (Å²) < 4.78 is 0. The molecule has 0 aliphatic carbocycles. The van der Waals surface area contributed by atoms with Gasteiger partial charge in [-0.3, -0.25) is 9.59 Å². The van der Waals surface area contributed by atoms with Crippen LogP contribution in [0.1, 0.15) is 51.2 Å². The summed E-state index contributed by atoms with van der Waals surface area (Å²) in [5.41, 5.74) is 2.22. The third-order valence-corrected chi connectivity index (χ3v) is 6.20. The number of hydrogen-bond acceptors (Lipinski definition) is 3. The van der Waals surface area contributed by atoms with Crippen molar-refractivity contribution >= 4 is 23.6 Å². The van der Waals surface area contributed by atoms with Crippen LogP contribution in [0.15, 0.2) is 59.5 Å². The quantitative estimate of drug-likeness (QED) is 0.503. The summed E-state index contributed by atoms with van der Waals surface area (Å²) in [5, 5.41) is 3.05. The van der Waals surface area contributed by atoms with Crippen molar-refractivity contribution in [1.82, 2.24) is 10.2 Å². The second-order valence-electron chi connectivity index (χ2n) is 7.66. The van der Waals surface area contributed by atoms with Crippen LogP contribution in [0.4, 0.5) is 0 Å². The van der Waals surface area contributed by atoms with E-state index in [-0.39, 0.29) is 17.9 Å². The molecule has 0 fully saturated rings. The van der Waals surface area contributed by atoms with Gasteiger partial charge in [0.2, 0.25) is 11.8 Å². The molecule has 4 nitrogen and oxygen atoms in total. The molecule has 0 aromatic heterocycles. The fourth-order valence-corrected chi connectivity index (χ4v) is 4.03. The zero-order valence-corrected chi connectivity index (χ0v) is 19.4. The Hall–Kier alpha value is -2.27. The van der Waals surface area contributed by atoms with Crippen molar-refractivity contribution in [2.75, 3.05) is 5.75 Å². The number of amides is 2. The van der Waals surface area contributed by atoms with Crippen molar-refractivity contribution in [2.24, 2.45) is 0 Å². The number of rotatable bonds is 11.